The molecule has 1 aromatic carbocycles. The lowest BCUT2D eigenvalue weighted by molar-refractivity contribution is -0.141. The summed E-state index contributed by atoms with van der Waals surface area (Å²) < 4.78 is 0. The lowest BCUT2D eigenvalue weighted by atomic mass is 10.2. The number of carbonyl (C=O) groups is 2. The number of carbonyl (C=O) groups excluding carboxylic acids is 1. The molecule has 0 aliphatic rings. The second-order valence-corrected chi connectivity index (χ2v) is 4.89. The average molecular weight is 278 g/mol. The van der Waals surface area contributed by atoms with Crippen molar-refractivity contribution < 1.29 is 14.7 Å². The molecule has 0 aromatic heterocycles. The normalized spacial score (nSPS) is 11.4. The van der Waals surface area contributed by atoms with Gasteiger partial charge in [-0.1, -0.05) is 12.1 Å². The molecule has 0 spiro atoms. The topological polar surface area (TPSA) is 81.4 Å². The first-order chi connectivity index (χ1) is 8.99. The first-order valence-electron chi connectivity index (χ1n) is 5.57. The number of nitrogens with zero attached hydrogens (tertiary/aromatic N) is 2. The maximum Gasteiger partial charge on any atom is 0.326 e. The molecule has 0 saturated carbocycles. The third kappa shape index (κ3) is 3.73. The molecule has 19 heavy (non-hydrogen) atoms. The monoisotopic (exact) mass is 278 g/mol. The summed E-state index contributed by atoms with van der Waals surface area (Å²) in [7, 11) is 1.45. The van der Waals surface area contributed by atoms with Crippen molar-refractivity contribution in [2.45, 2.75) is 17.9 Å². The van der Waals surface area contributed by atoms with E-state index in [4.69, 9.17) is 10.4 Å². The van der Waals surface area contributed by atoms with Gasteiger partial charge in [-0.15, -0.1) is 11.8 Å². The number of amides is 1. The Bertz CT molecular complexity index is 525. The number of carboxylic acid groups (broad SMARTS) is 1. The maximum atomic E-state index is 12.2. The van der Waals surface area contributed by atoms with Gasteiger partial charge >= 0.3 is 5.97 Å². The Balaban J connectivity index is 2.99. The standard InChI is InChI=1S/C13H14N2O3S/c1-9(13(17)18)15(2)12(16)10-5-3-4-6-11(10)19-8-7-14/h3-6,9H,8H2,1-2H3,(H,17,18). The fraction of sp³-hybridized carbons (Fsp3) is 0.308. The van der Waals surface area contributed by atoms with Crippen LogP contribution in [-0.2, 0) is 4.79 Å². The molecule has 0 aliphatic heterocycles. The van der Waals surface area contributed by atoms with Crippen LogP contribution in [-0.4, -0.2) is 40.7 Å². The fourth-order valence-electron chi connectivity index (χ4n) is 1.41. The molecule has 1 amide bonds. The van der Waals surface area contributed by atoms with Gasteiger partial charge in [0, 0.05) is 11.9 Å². The number of hydrogen-bond acceptors (Lipinski definition) is 4. The van der Waals surface area contributed by atoms with E-state index in [1.54, 1.807) is 24.3 Å². The number of thioether (sulfide) groups is 1. The van der Waals surface area contributed by atoms with E-state index in [1.165, 1.54) is 30.6 Å². The van der Waals surface area contributed by atoms with Crippen LogP contribution in [0.4, 0.5) is 0 Å². The lowest BCUT2D eigenvalue weighted by Crippen LogP contribution is -2.40. The van der Waals surface area contributed by atoms with E-state index < -0.39 is 12.0 Å². The molecule has 5 nitrogen and oxygen atoms in total. The van der Waals surface area contributed by atoms with Gasteiger partial charge in [0.2, 0.25) is 0 Å². The second-order valence-electron chi connectivity index (χ2n) is 3.87. The molecular formula is C13H14N2O3S. The molecule has 0 radical (unpaired) electrons. The summed E-state index contributed by atoms with van der Waals surface area (Å²) in [5.41, 5.74) is 0.415. The zero-order chi connectivity index (χ0) is 14.4. The Morgan fingerprint density at radius 2 is 2.11 bits per heavy atom. The van der Waals surface area contributed by atoms with Crippen molar-refractivity contribution in [3.05, 3.63) is 29.8 Å². The van der Waals surface area contributed by atoms with Crippen molar-refractivity contribution in [2.75, 3.05) is 12.8 Å². The lowest BCUT2D eigenvalue weighted by Gasteiger charge is -2.22. The summed E-state index contributed by atoms with van der Waals surface area (Å²) >= 11 is 1.26. The molecule has 100 valence electrons. The Labute approximate surface area is 115 Å². The zero-order valence-electron chi connectivity index (χ0n) is 10.7. The van der Waals surface area contributed by atoms with Crippen LogP contribution >= 0.6 is 11.8 Å². The van der Waals surface area contributed by atoms with Crippen LogP contribution in [0.2, 0.25) is 0 Å². The molecule has 1 unspecified atom stereocenters. The van der Waals surface area contributed by atoms with E-state index in [2.05, 4.69) is 0 Å². The molecule has 1 atom stereocenters. The first-order valence-corrected chi connectivity index (χ1v) is 6.56. The van der Waals surface area contributed by atoms with E-state index in [1.807, 2.05) is 6.07 Å². The van der Waals surface area contributed by atoms with Gasteiger partial charge in [-0.3, -0.25) is 4.79 Å². The Morgan fingerprint density at radius 1 is 1.47 bits per heavy atom. The minimum Gasteiger partial charge on any atom is -0.480 e. The largest absolute Gasteiger partial charge is 0.480 e. The molecule has 0 aliphatic carbocycles. The predicted molar refractivity (Wildman–Crippen MR) is 72.0 cm³/mol. The minimum absolute atomic E-state index is 0.239. The van der Waals surface area contributed by atoms with Crippen LogP contribution in [0.15, 0.2) is 29.2 Å². The Kier molecular flexibility index (Phi) is 5.39. The Morgan fingerprint density at radius 3 is 2.68 bits per heavy atom. The highest BCUT2D eigenvalue weighted by Gasteiger charge is 2.24. The van der Waals surface area contributed by atoms with E-state index in [0.717, 1.165) is 0 Å². The van der Waals surface area contributed by atoms with E-state index in [0.29, 0.717) is 10.5 Å². The number of benzene rings is 1. The molecule has 0 bridgehead atoms. The molecule has 0 saturated heterocycles. The number of aliphatic carboxylic acids is 1. The molecule has 0 fully saturated rings. The van der Waals surface area contributed by atoms with E-state index in [9.17, 15) is 9.59 Å². The van der Waals surface area contributed by atoms with Crippen LogP contribution in [0.3, 0.4) is 0 Å². The number of likely N-dealkylation sites (N-methyl/N-ethyl adjacent to an activating group) is 1. The number of carboxylic acids is 1. The number of nitriles is 1. The Hall–Kier alpha value is -2.00. The molecule has 0 heterocycles. The van der Waals surface area contributed by atoms with Gasteiger partial charge in [0.25, 0.3) is 5.91 Å². The van der Waals surface area contributed by atoms with Crippen LogP contribution < -0.4 is 0 Å². The van der Waals surface area contributed by atoms with Gasteiger partial charge in [0.05, 0.1) is 17.4 Å². The van der Waals surface area contributed by atoms with Crippen molar-refractivity contribution in [1.29, 1.82) is 5.26 Å². The van der Waals surface area contributed by atoms with Gasteiger partial charge in [-0.2, -0.15) is 5.26 Å². The highest BCUT2D eigenvalue weighted by molar-refractivity contribution is 7.99. The molecule has 1 N–H and O–H groups in total. The quantitative estimate of drug-likeness (QED) is 0.831. The summed E-state index contributed by atoms with van der Waals surface area (Å²) in [6.07, 6.45) is 0. The van der Waals surface area contributed by atoms with Crippen molar-refractivity contribution in [3.8, 4) is 6.07 Å². The summed E-state index contributed by atoms with van der Waals surface area (Å²) in [6, 6.07) is 7.96. The summed E-state index contributed by atoms with van der Waals surface area (Å²) in [5.74, 6) is -1.18. The maximum absolute atomic E-state index is 12.2. The molecule has 6 heteroatoms. The SMILES string of the molecule is CC(C(=O)O)N(C)C(=O)c1ccccc1SCC#N. The van der Waals surface area contributed by atoms with Gasteiger partial charge in [0.1, 0.15) is 6.04 Å². The van der Waals surface area contributed by atoms with Gasteiger partial charge < -0.3 is 10.0 Å². The number of rotatable bonds is 5. The fourth-order valence-corrected chi connectivity index (χ4v) is 2.12. The van der Waals surface area contributed by atoms with Gasteiger partial charge in [0.15, 0.2) is 0 Å². The third-order valence-electron chi connectivity index (χ3n) is 2.67. The van der Waals surface area contributed by atoms with Crippen LogP contribution in [0, 0.1) is 11.3 Å². The highest BCUT2D eigenvalue weighted by atomic mass is 32.2. The zero-order valence-corrected chi connectivity index (χ0v) is 11.5. The van der Waals surface area contributed by atoms with Crippen molar-refractivity contribution in [3.63, 3.8) is 0 Å². The summed E-state index contributed by atoms with van der Waals surface area (Å²) in [5, 5.41) is 17.5. The summed E-state index contributed by atoms with van der Waals surface area (Å²) in [4.78, 5) is 25.0. The van der Waals surface area contributed by atoms with Crippen molar-refractivity contribution >= 4 is 23.6 Å². The third-order valence-corrected chi connectivity index (χ3v) is 3.61. The highest BCUT2D eigenvalue weighted by Crippen LogP contribution is 2.23. The van der Waals surface area contributed by atoms with Crippen LogP contribution in [0.5, 0.6) is 0 Å². The van der Waals surface area contributed by atoms with E-state index in [-0.39, 0.29) is 11.7 Å². The van der Waals surface area contributed by atoms with Crippen molar-refractivity contribution in [1.82, 2.24) is 4.90 Å². The second kappa shape index (κ2) is 6.81. The summed E-state index contributed by atoms with van der Waals surface area (Å²) in [6.45, 7) is 1.45. The first kappa shape index (κ1) is 15.1. The molecular weight excluding hydrogens is 264 g/mol. The minimum atomic E-state index is -1.06. The average Bonchev–Trinajstić information content (AvgIpc) is 2.42. The smallest absolute Gasteiger partial charge is 0.326 e. The van der Waals surface area contributed by atoms with E-state index >= 15 is 0 Å². The van der Waals surface area contributed by atoms with Crippen LogP contribution in [0.25, 0.3) is 0 Å². The van der Waals surface area contributed by atoms with Crippen LogP contribution in [0.1, 0.15) is 17.3 Å². The predicted octanol–water partition coefficient (Wildman–Crippen LogP) is 1.85. The van der Waals surface area contributed by atoms with Gasteiger partial charge in [-0.25, -0.2) is 4.79 Å². The molecule has 1 rings (SSSR count). The number of hydrogen-bond donors (Lipinski definition) is 1. The molecule has 1 aromatic rings. The van der Waals surface area contributed by atoms with Crippen molar-refractivity contribution in [2.24, 2.45) is 0 Å². The van der Waals surface area contributed by atoms with Gasteiger partial charge in [-0.05, 0) is 19.1 Å².